The van der Waals surface area contributed by atoms with Crippen molar-refractivity contribution in [2.45, 2.75) is 59.4 Å². The second-order valence-corrected chi connectivity index (χ2v) is 6.98. The highest BCUT2D eigenvalue weighted by molar-refractivity contribution is 5.28. The molecule has 1 aromatic rings. The summed E-state index contributed by atoms with van der Waals surface area (Å²) in [6.07, 6.45) is 1.23. The lowest BCUT2D eigenvalue weighted by atomic mass is 9.86. The van der Waals surface area contributed by atoms with Crippen molar-refractivity contribution in [2.24, 2.45) is 0 Å². The molecule has 1 unspecified atom stereocenters. The molecule has 0 fully saturated rings. The second-order valence-electron chi connectivity index (χ2n) is 6.98. The first-order valence-electron chi connectivity index (χ1n) is 8.44. The highest BCUT2D eigenvalue weighted by Gasteiger charge is 2.14. The third-order valence-electron chi connectivity index (χ3n) is 4.14. The predicted molar refractivity (Wildman–Crippen MR) is 94.0 cm³/mol. The van der Waals surface area contributed by atoms with E-state index in [0.717, 1.165) is 19.6 Å². The first kappa shape index (κ1) is 18.2. The standard InChI is InChI=1S/C19H34N2/c1-7-14-21(8-2)15-13-20-16(3)17-9-11-18(12-10-17)19(4,5)6/h9-12,16,20H,7-8,13-15H2,1-6H3. The van der Waals surface area contributed by atoms with Crippen molar-refractivity contribution >= 4 is 0 Å². The number of likely N-dealkylation sites (N-methyl/N-ethyl adjacent to an activating group) is 1. The number of hydrogen-bond donors (Lipinski definition) is 1. The zero-order valence-corrected chi connectivity index (χ0v) is 14.9. The van der Waals surface area contributed by atoms with E-state index in [1.54, 1.807) is 0 Å². The summed E-state index contributed by atoms with van der Waals surface area (Å²) in [7, 11) is 0. The molecule has 0 saturated heterocycles. The van der Waals surface area contributed by atoms with Crippen molar-refractivity contribution in [1.29, 1.82) is 0 Å². The Kier molecular flexibility index (Phi) is 7.41. The second kappa shape index (κ2) is 8.55. The SMILES string of the molecule is CCCN(CC)CCNC(C)c1ccc(C(C)(C)C)cc1. The van der Waals surface area contributed by atoms with Crippen LogP contribution in [0.15, 0.2) is 24.3 Å². The summed E-state index contributed by atoms with van der Waals surface area (Å²) in [6, 6.07) is 9.48. The molecule has 1 aromatic carbocycles. The van der Waals surface area contributed by atoms with Gasteiger partial charge in [0, 0.05) is 19.1 Å². The number of benzene rings is 1. The van der Waals surface area contributed by atoms with Gasteiger partial charge in [-0.1, -0.05) is 58.9 Å². The number of nitrogens with zero attached hydrogens (tertiary/aromatic N) is 1. The van der Waals surface area contributed by atoms with Crippen molar-refractivity contribution in [3.63, 3.8) is 0 Å². The van der Waals surface area contributed by atoms with Crippen LogP contribution in [0.5, 0.6) is 0 Å². The third-order valence-corrected chi connectivity index (χ3v) is 4.14. The predicted octanol–water partition coefficient (Wildman–Crippen LogP) is 4.37. The lowest BCUT2D eigenvalue weighted by Gasteiger charge is -2.23. The van der Waals surface area contributed by atoms with E-state index in [2.05, 4.69) is 76.0 Å². The molecule has 1 atom stereocenters. The summed E-state index contributed by atoms with van der Waals surface area (Å²) in [5, 5.41) is 3.64. The molecule has 2 heteroatoms. The average molecular weight is 290 g/mol. The van der Waals surface area contributed by atoms with Crippen LogP contribution in [-0.4, -0.2) is 31.1 Å². The minimum absolute atomic E-state index is 0.233. The summed E-state index contributed by atoms with van der Waals surface area (Å²) in [4.78, 5) is 2.50. The maximum Gasteiger partial charge on any atom is 0.0292 e. The van der Waals surface area contributed by atoms with E-state index >= 15 is 0 Å². The molecule has 2 nitrogen and oxygen atoms in total. The molecule has 0 heterocycles. The van der Waals surface area contributed by atoms with Crippen LogP contribution in [0.1, 0.15) is 65.1 Å². The molecule has 0 aliphatic rings. The van der Waals surface area contributed by atoms with Crippen LogP contribution in [0.3, 0.4) is 0 Å². The molecule has 1 rings (SSSR count). The molecule has 1 N–H and O–H groups in total. The zero-order chi connectivity index (χ0) is 15.9. The fourth-order valence-electron chi connectivity index (χ4n) is 2.57. The number of rotatable bonds is 8. The van der Waals surface area contributed by atoms with E-state index in [1.165, 1.54) is 24.1 Å². The molecule has 0 radical (unpaired) electrons. The highest BCUT2D eigenvalue weighted by atomic mass is 15.1. The largest absolute Gasteiger partial charge is 0.309 e. The van der Waals surface area contributed by atoms with Gasteiger partial charge in [0.1, 0.15) is 0 Å². The van der Waals surface area contributed by atoms with Gasteiger partial charge >= 0.3 is 0 Å². The first-order valence-corrected chi connectivity index (χ1v) is 8.44. The van der Waals surface area contributed by atoms with Crippen LogP contribution >= 0.6 is 0 Å². The van der Waals surface area contributed by atoms with E-state index in [4.69, 9.17) is 0 Å². The molecule has 120 valence electrons. The Labute approximate surface area is 131 Å². The minimum Gasteiger partial charge on any atom is -0.309 e. The van der Waals surface area contributed by atoms with Crippen LogP contribution in [0.2, 0.25) is 0 Å². The third kappa shape index (κ3) is 6.19. The molecule has 21 heavy (non-hydrogen) atoms. The van der Waals surface area contributed by atoms with Gasteiger partial charge in [-0.3, -0.25) is 0 Å². The van der Waals surface area contributed by atoms with E-state index in [0.29, 0.717) is 6.04 Å². The van der Waals surface area contributed by atoms with E-state index in [9.17, 15) is 0 Å². The lowest BCUT2D eigenvalue weighted by molar-refractivity contribution is 0.284. The Morgan fingerprint density at radius 2 is 1.67 bits per heavy atom. The molecule has 0 bridgehead atoms. The molecular formula is C19H34N2. The van der Waals surface area contributed by atoms with Gasteiger partial charge in [-0.2, -0.15) is 0 Å². The normalized spacial score (nSPS) is 13.7. The monoisotopic (exact) mass is 290 g/mol. The fourth-order valence-corrected chi connectivity index (χ4v) is 2.57. The Hall–Kier alpha value is -0.860. The van der Waals surface area contributed by atoms with Crippen molar-refractivity contribution in [1.82, 2.24) is 10.2 Å². The Morgan fingerprint density at radius 1 is 1.05 bits per heavy atom. The summed E-state index contributed by atoms with van der Waals surface area (Å²) in [5.74, 6) is 0. The van der Waals surface area contributed by atoms with Gasteiger partial charge in [-0.15, -0.1) is 0 Å². The fraction of sp³-hybridized carbons (Fsp3) is 0.684. The molecule has 0 aliphatic carbocycles. The Bertz CT molecular complexity index is 389. The Morgan fingerprint density at radius 3 is 2.14 bits per heavy atom. The van der Waals surface area contributed by atoms with Crippen LogP contribution in [0.25, 0.3) is 0 Å². The van der Waals surface area contributed by atoms with Crippen LogP contribution in [0.4, 0.5) is 0 Å². The number of hydrogen-bond acceptors (Lipinski definition) is 2. The molecule has 0 aromatic heterocycles. The maximum absolute atomic E-state index is 3.64. The van der Waals surface area contributed by atoms with E-state index < -0.39 is 0 Å². The van der Waals surface area contributed by atoms with E-state index in [-0.39, 0.29) is 5.41 Å². The summed E-state index contributed by atoms with van der Waals surface area (Å²) >= 11 is 0. The van der Waals surface area contributed by atoms with Gasteiger partial charge in [-0.25, -0.2) is 0 Å². The molecular weight excluding hydrogens is 256 g/mol. The molecule has 0 saturated carbocycles. The Balaban J connectivity index is 2.47. The number of nitrogens with one attached hydrogen (secondary N) is 1. The first-order chi connectivity index (χ1) is 9.88. The van der Waals surface area contributed by atoms with Gasteiger partial charge < -0.3 is 10.2 Å². The average Bonchev–Trinajstić information content (AvgIpc) is 2.45. The maximum atomic E-state index is 3.64. The molecule has 0 amide bonds. The molecule has 0 aliphatic heterocycles. The summed E-state index contributed by atoms with van der Waals surface area (Å²) < 4.78 is 0. The van der Waals surface area contributed by atoms with Crippen LogP contribution in [0, 0.1) is 0 Å². The molecule has 0 spiro atoms. The van der Waals surface area contributed by atoms with Gasteiger partial charge in [-0.05, 0) is 43.0 Å². The van der Waals surface area contributed by atoms with Gasteiger partial charge in [0.2, 0.25) is 0 Å². The van der Waals surface area contributed by atoms with Crippen molar-refractivity contribution in [3.8, 4) is 0 Å². The van der Waals surface area contributed by atoms with Gasteiger partial charge in [0.25, 0.3) is 0 Å². The quantitative estimate of drug-likeness (QED) is 0.765. The topological polar surface area (TPSA) is 15.3 Å². The van der Waals surface area contributed by atoms with Crippen molar-refractivity contribution in [3.05, 3.63) is 35.4 Å². The summed E-state index contributed by atoms with van der Waals surface area (Å²) in [6.45, 7) is 18.0. The highest BCUT2D eigenvalue weighted by Crippen LogP contribution is 2.23. The van der Waals surface area contributed by atoms with Crippen LogP contribution < -0.4 is 5.32 Å². The minimum atomic E-state index is 0.233. The summed E-state index contributed by atoms with van der Waals surface area (Å²) in [5.41, 5.74) is 3.01. The smallest absolute Gasteiger partial charge is 0.0292 e. The van der Waals surface area contributed by atoms with Crippen LogP contribution in [-0.2, 0) is 5.41 Å². The van der Waals surface area contributed by atoms with Crippen molar-refractivity contribution in [2.75, 3.05) is 26.2 Å². The van der Waals surface area contributed by atoms with E-state index in [1.807, 2.05) is 0 Å². The zero-order valence-electron chi connectivity index (χ0n) is 14.9. The lowest BCUT2D eigenvalue weighted by Crippen LogP contribution is -2.33. The van der Waals surface area contributed by atoms with Gasteiger partial charge in [0.15, 0.2) is 0 Å². The van der Waals surface area contributed by atoms with Crippen molar-refractivity contribution < 1.29 is 0 Å². The van der Waals surface area contributed by atoms with Gasteiger partial charge in [0.05, 0.1) is 0 Å².